The summed E-state index contributed by atoms with van der Waals surface area (Å²) in [6.07, 6.45) is 0.991. The van der Waals surface area contributed by atoms with Gasteiger partial charge in [0.2, 0.25) is 0 Å². The highest BCUT2D eigenvalue weighted by molar-refractivity contribution is 5.72. The Morgan fingerprint density at radius 3 is 2.63 bits per heavy atom. The molecule has 98 valence electrons. The van der Waals surface area contributed by atoms with Crippen molar-refractivity contribution in [2.75, 3.05) is 11.4 Å². The zero-order valence-electron chi connectivity index (χ0n) is 10.9. The summed E-state index contributed by atoms with van der Waals surface area (Å²) in [6, 6.07) is 13.1. The van der Waals surface area contributed by atoms with E-state index >= 15 is 0 Å². The molecule has 1 atom stereocenters. The van der Waals surface area contributed by atoms with Crippen LogP contribution in [0.25, 0.3) is 0 Å². The Balaban J connectivity index is 2.12. The molecule has 0 aromatic heterocycles. The highest BCUT2D eigenvalue weighted by atomic mass is 19.1. The molecule has 2 aromatic carbocycles. The third kappa shape index (κ3) is 2.00. The summed E-state index contributed by atoms with van der Waals surface area (Å²) in [7, 11) is 0. The number of hydrogen-bond acceptors (Lipinski definition) is 2. The number of benzene rings is 2. The number of anilines is 2. The zero-order valence-corrected chi connectivity index (χ0v) is 10.9. The molecule has 0 fully saturated rings. The van der Waals surface area contributed by atoms with E-state index in [9.17, 15) is 4.39 Å². The molecule has 0 saturated carbocycles. The van der Waals surface area contributed by atoms with Gasteiger partial charge in [-0.2, -0.15) is 0 Å². The molecule has 2 aromatic rings. The minimum absolute atomic E-state index is 0.225. The summed E-state index contributed by atoms with van der Waals surface area (Å²) in [5.74, 6) is -0.225. The maximum Gasteiger partial charge on any atom is 0.130 e. The van der Waals surface area contributed by atoms with E-state index in [1.54, 1.807) is 6.07 Å². The maximum atomic E-state index is 14.0. The number of nitrogens with two attached hydrogens (primary N) is 1. The van der Waals surface area contributed by atoms with Gasteiger partial charge in [0.15, 0.2) is 0 Å². The Kier molecular flexibility index (Phi) is 2.99. The molecule has 19 heavy (non-hydrogen) atoms. The van der Waals surface area contributed by atoms with Crippen molar-refractivity contribution in [3.63, 3.8) is 0 Å². The van der Waals surface area contributed by atoms with Crippen molar-refractivity contribution < 1.29 is 4.39 Å². The average Bonchev–Trinajstić information content (AvgIpc) is 2.81. The van der Waals surface area contributed by atoms with Crippen molar-refractivity contribution in [1.82, 2.24) is 0 Å². The third-order valence-electron chi connectivity index (χ3n) is 3.66. The molecule has 3 rings (SSSR count). The molecule has 0 unspecified atom stereocenters. The third-order valence-corrected chi connectivity index (χ3v) is 3.66. The van der Waals surface area contributed by atoms with Gasteiger partial charge < -0.3 is 10.6 Å². The Morgan fingerprint density at radius 1 is 1.11 bits per heavy atom. The smallest absolute Gasteiger partial charge is 0.130 e. The van der Waals surface area contributed by atoms with Crippen LogP contribution in [-0.4, -0.2) is 6.54 Å². The van der Waals surface area contributed by atoms with E-state index in [1.807, 2.05) is 25.1 Å². The van der Waals surface area contributed by atoms with E-state index in [0.29, 0.717) is 5.56 Å². The Morgan fingerprint density at radius 2 is 1.84 bits per heavy atom. The summed E-state index contributed by atoms with van der Waals surface area (Å²) < 4.78 is 14.0. The van der Waals surface area contributed by atoms with Crippen LogP contribution < -0.4 is 10.6 Å². The van der Waals surface area contributed by atoms with Crippen LogP contribution >= 0.6 is 0 Å². The molecule has 0 bridgehead atoms. The number of halogens is 1. The summed E-state index contributed by atoms with van der Waals surface area (Å²) in [5.41, 5.74) is 9.89. The molecule has 1 aliphatic heterocycles. The monoisotopic (exact) mass is 256 g/mol. The van der Waals surface area contributed by atoms with Gasteiger partial charge >= 0.3 is 0 Å². The van der Waals surface area contributed by atoms with Crippen molar-refractivity contribution in [2.24, 2.45) is 5.73 Å². The van der Waals surface area contributed by atoms with Crippen LogP contribution in [0.5, 0.6) is 0 Å². The molecule has 1 heterocycles. The van der Waals surface area contributed by atoms with Crippen LogP contribution in [0.3, 0.4) is 0 Å². The fourth-order valence-electron chi connectivity index (χ4n) is 2.80. The minimum atomic E-state index is -0.316. The maximum absolute atomic E-state index is 14.0. The van der Waals surface area contributed by atoms with Gasteiger partial charge in [0.25, 0.3) is 0 Å². The quantitative estimate of drug-likeness (QED) is 0.890. The number of rotatable bonds is 2. The van der Waals surface area contributed by atoms with Gasteiger partial charge in [-0.3, -0.25) is 0 Å². The second-order valence-electron chi connectivity index (χ2n) is 4.99. The van der Waals surface area contributed by atoms with Gasteiger partial charge in [0, 0.05) is 29.5 Å². The van der Waals surface area contributed by atoms with Crippen molar-refractivity contribution >= 4 is 11.4 Å². The summed E-state index contributed by atoms with van der Waals surface area (Å²) >= 11 is 0. The standard InChI is InChI=1S/C16H17FN2/c1-11(18)16-13(17)6-4-8-15(16)19-10-9-12-5-2-3-7-14(12)19/h2-8,11H,9-10,18H2,1H3/t11-/m1/s1. The van der Waals surface area contributed by atoms with E-state index in [0.717, 1.165) is 24.3 Å². The fourth-order valence-corrected chi connectivity index (χ4v) is 2.80. The summed E-state index contributed by atoms with van der Waals surface area (Å²) in [4.78, 5) is 2.16. The van der Waals surface area contributed by atoms with Crippen molar-refractivity contribution in [2.45, 2.75) is 19.4 Å². The average molecular weight is 256 g/mol. The summed E-state index contributed by atoms with van der Waals surface area (Å²) in [6.45, 7) is 2.70. The molecule has 0 radical (unpaired) electrons. The second kappa shape index (κ2) is 4.67. The largest absolute Gasteiger partial charge is 0.341 e. The van der Waals surface area contributed by atoms with E-state index in [1.165, 1.54) is 11.6 Å². The topological polar surface area (TPSA) is 29.3 Å². The number of para-hydroxylation sites is 1. The first-order valence-corrected chi connectivity index (χ1v) is 6.58. The van der Waals surface area contributed by atoms with E-state index in [4.69, 9.17) is 5.73 Å². The van der Waals surface area contributed by atoms with Crippen LogP contribution in [-0.2, 0) is 6.42 Å². The molecule has 1 aliphatic rings. The number of nitrogens with zero attached hydrogens (tertiary/aromatic N) is 1. The minimum Gasteiger partial charge on any atom is -0.341 e. The van der Waals surface area contributed by atoms with Gasteiger partial charge in [0.05, 0.1) is 0 Å². The zero-order chi connectivity index (χ0) is 13.4. The lowest BCUT2D eigenvalue weighted by molar-refractivity contribution is 0.593. The highest BCUT2D eigenvalue weighted by Crippen LogP contribution is 2.38. The molecular weight excluding hydrogens is 239 g/mol. The number of fused-ring (bicyclic) bond motifs is 1. The molecule has 0 spiro atoms. The van der Waals surface area contributed by atoms with Crippen LogP contribution in [0.4, 0.5) is 15.8 Å². The van der Waals surface area contributed by atoms with Gasteiger partial charge in [-0.25, -0.2) is 4.39 Å². The van der Waals surface area contributed by atoms with Gasteiger partial charge in [-0.15, -0.1) is 0 Å². The van der Waals surface area contributed by atoms with E-state index in [2.05, 4.69) is 17.0 Å². The first-order chi connectivity index (χ1) is 9.18. The predicted molar refractivity (Wildman–Crippen MR) is 76.2 cm³/mol. The fraction of sp³-hybridized carbons (Fsp3) is 0.250. The molecule has 3 heteroatoms. The van der Waals surface area contributed by atoms with Gasteiger partial charge in [-0.1, -0.05) is 24.3 Å². The molecule has 0 saturated heterocycles. The van der Waals surface area contributed by atoms with E-state index in [-0.39, 0.29) is 11.9 Å². The SMILES string of the molecule is C[C@@H](N)c1c(F)cccc1N1CCc2ccccc21. The Hall–Kier alpha value is -1.87. The Bertz CT molecular complexity index is 607. The highest BCUT2D eigenvalue weighted by Gasteiger charge is 2.24. The lowest BCUT2D eigenvalue weighted by atomic mass is 10.0. The van der Waals surface area contributed by atoms with Crippen LogP contribution in [0, 0.1) is 5.82 Å². The molecule has 0 aliphatic carbocycles. The second-order valence-corrected chi connectivity index (χ2v) is 4.99. The van der Waals surface area contributed by atoms with Crippen LogP contribution in [0.1, 0.15) is 24.1 Å². The first kappa shape index (κ1) is 12.2. The molecular formula is C16H17FN2. The van der Waals surface area contributed by atoms with Gasteiger partial charge in [-0.05, 0) is 37.1 Å². The van der Waals surface area contributed by atoms with Crippen LogP contribution in [0.2, 0.25) is 0 Å². The molecule has 0 amide bonds. The van der Waals surface area contributed by atoms with Gasteiger partial charge in [0.1, 0.15) is 5.82 Å². The Labute approximate surface area is 112 Å². The normalized spacial score (nSPS) is 15.4. The van der Waals surface area contributed by atoms with Crippen molar-refractivity contribution in [1.29, 1.82) is 0 Å². The first-order valence-electron chi connectivity index (χ1n) is 6.58. The van der Waals surface area contributed by atoms with Crippen LogP contribution in [0.15, 0.2) is 42.5 Å². The lowest BCUT2D eigenvalue weighted by Gasteiger charge is -2.24. The molecule has 2 N–H and O–H groups in total. The molecule has 2 nitrogen and oxygen atoms in total. The van der Waals surface area contributed by atoms with Crippen molar-refractivity contribution in [3.8, 4) is 0 Å². The van der Waals surface area contributed by atoms with Crippen molar-refractivity contribution in [3.05, 3.63) is 59.4 Å². The summed E-state index contributed by atoms with van der Waals surface area (Å²) in [5, 5.41) is 0. The van der Waals surface area contributed by atoms with E-state index < -0.39 is 0 Å². The predicted octanol–water partition coefficient (Wildman–Crippen LogP) is 3.54. The lowest BCUT2D eigenvalue weighted by Crippen LogP contribution is -2.19. The number of hydrogen-bond donors (Lipinski definition) is 1.